The highest BCUT2D eigenvalue weighted by Gasteiger charge is 2.28. The van der Waals surface area contributed by atoms with E-state index in [1.54, 1.807) is 7.11 Å². The molecule has 0 fully saturated rings. The van der Waals surface area contributed by atoms with Crippen LogP contribution >= 0.6 is 31.9 Å². The summed E-state index contributed by atoms with van der Waals surface area (Å²) < 4.78 is 12.9. The minimum atomic E-state index is 0.182. The second-order valence-corrected chi connectivity index (χ2v) is 9.09. The molecule has 0 saturated carbocycles. The molecule has 5 heteroatoms. The van der Waals surface area contributed by atoms with Crippen LogP contribution in [0, 0.1) is 0 Å². The van der Waals surface area contributed by atoms with Crippen LogP contribution in [0.5, 0.6) is 11.5 Å². The predicted octanol–water partition coefficient (Wildman–Crippen LogP) is 6.32. The fourth-order valence-corrected chi connectivity index (χ4v) is 5.56. The highest BCUT2D eigenvalue weighted by atomic mass is 79.9. The standard InChI is InChI=1S/C22H24Br2O3/c1-26-12-27-22-18(24)11-14-7-3-5-9-16(14)20(22)19-15-8-4-2-6-13(15)10-17(23)21(19)25/h10-11,25H,2-9,12H2,1H3. The van der Waals surface area contributed by atoms with E-state index in [4.69, 9.17) is 9.47 Å². The molecule has 0 amide bonds. The number of methoxy groups -OCH3 is 1. The Balaban J connectivity index is 2.03. The number of hydrogen-bond acceptors (Lipinski definition) is 3. The van der Waals surface area contributed by atoms with Gasteiger partial charge >= 0.3 is 0 Å². The molecule has 0 bridgehead atoms. The Bertz CT molecular complexity index is 877. The molecule has 2 aliphatic rings. The molecule has 3 nitrogen and oxygen atoms in total. The summed E-state index contributed by atoms with van der Waals surface area (Å²) in [5, 5.41) is 11.1. The van der Waals surface area contributed by atoms with E-state index >= 15 is 0 Å². The van der Waals surface area contributed by atoms with Gasteiger partial charge in [-0.15, -0.1) is 0 Å². The molecular weight excluding hydrogens is 472 g/mol. The highest BCUT2D eigenvalue weighted by molar-refractivity contribution is 9.11. The Morgan fingerprint density at radius 1 is 0.852 bits per heavy atom. The Morgan fingerprint density at radius 3 is 2.04 bits per heavy atom. The molecule has 0 heterocycles. The lowest BCUT2D eigenvalue weighted by Gasteiger charge is -2.28. The van der Waals surface area contributed by atoms with Crippen molar-refractivity contribution in [2.75, 3.05) is 13.9 Å². The van der Waals surface area contributed by atoms with Crippen molar-refractivity contribution in [2.45, 2.75) is 51.4 Å². The number of phenolic OH excluding ortho intramolecular Hbond substituents is 1. The van der Waals surface area contributed by atoms with Crippen LogP contribution in [0.1, 0.15) is 47.9 Å². The van der Waals surface area contributed by atoms with Gasteiger partial charge in [0.25, 0.3) is 0 Å². The number of ether oxygens (including phenoxy) is 2. The number of phenols is 1. The second-order valence-electron chi connectivity index (χ2n) is 7.38. The van der Waals surface area contributed by atoms with Gasteiger partial charge in [-0.05, 0) is 118 Å². The van der Waals surface area contributed by atoms with Crippen molar-refractivity contribution in [3.05, 3.63) is 43.3 Å². The zero-order chi connectivity index (χ0) is 19.0. The van der Waals surface area contributed by atoms with Gasteiger partial charge in [0.2, 0.25) is 0 Å². The minimum Gasteiger partial charge on any atom is -0.506 e. The van der Waals surface area contributed by atoms with Crippen molar-refractivity contribution in [3.63, 3.8) is 0 Å². The third kappa shape index (κ3) is 3.54. The molecule has 2 aromatic rings. The molecule has 144 valence electrons. The number of rotatable bonds is 4. The lowest BCUT2D eigenvalue weighted by molar-refractivity contribution is 0.0509. The van der Waals surface area contributed by atoms with Crippen LogP contribution in [0.15, 0.2) is 21.1 Å². The largest absolute Gasteiger partial charge is 0.506 e. The van der Waals surface area contributed by atoms with Gasteiger partial charge in [-0.1, -0.05) is 0 Å². The van der Waals surface area contributed by atoms with E-state index in [0.29, 0.717) is 5.75 Å². The van der Waals surface area contributed by atoms with Gasteiger partial charge in [0.1, 0.15) is 11.5 Å². The maximum Gasteiger partial charge on any atom is 0.188 e. The average molecular weight is 496 g/mol. The van der Waals surface area contributed by atoms with Gasteiger partial charge in [0, 0.05) is 18.2 Å². The molecule has 0 spiro atoms. The molecule has 1 N–H and O–H groups in total. The number of halogens is 2. The summed E-state index contributed by atoms with van der Waals surface area (Å²) in [7, 11) is 1.63. The first-order chi connectivity index (χ1) is 13.1. The molecule has 2 aromatic carbocycles. The molecule has 2 aliphatic carbocycles. The lowest BCUT2D eigenvalue weighted by atomic mass is 9.80. The van der Waals surface area contributed by atoms with Crippen LogP contribution in [0.3, 0.4) is 0 Å². The first kappa shape index (κ1) is 19.3. The Labute approximate surface area is 177 Å². The molecule has 27 heavy (non-hydrogen) atoms. The van der Waals surface area contributed by atoms with Crippen LogP contribution in [0.2, 0.25) is 0 Å². The third-order valence-electron chi connectivity index (χ3n) is 5.70. The van der Waals surface area contributed by atoms with Crippen molar-refractivity contribution >= 4 is 31.9 Å². The zero-order valence-corrected chi connectivity index (χ0v) is 18.7. The first-order valence-corrected chi connectivity index (χ1v) is 11.2. The summed E-state index contributed by atoms with van der Waals surface area (Å²) in [6.45, 7) is 0.182. The summed E-state index contributed by atoms with van der Waals surface area (Å²) in [5.74, 6) is 1.10. The van der Waals surface area contributed by atoms with E-state index in [0.717, 1.165) is 57.9 Å². The fourth-order valence-electron chi connectivity index (χ4n) is 4.50. The second kappa shape index (κ2) is 8.14. The highest BCUT2D eigenvalue weighted by Crippen LogP contribution is 2.51. The number of benzene rings is 2. The van der Waals surface area contributed by atoms with Crippen molar-refractivity contribution in [3.8, 4) is 22.6 Å². The third-order valence-corrected chi connectivity index (χ3v) is 6.90. The summed E-state index contributed by atoms with van der Waals surface area (Å²) >= 11 is 7.31. The van der Waals surface area contributed by atoms with Crippen molar-refractivity contribution in [1.82, 2.24) is 0 Å². The molecule has 0 aromatic heterocycles. The van der Waals surface area contributed by atoms with Gasteiger partial charge in [0.15, 0.2) is 6.79 Å². The van der Waals surface area contributed by atoms with E-state index in [9.17, 15) is 5.11 Å². The SMILES string of the molecule is COCOc1c(Br)cc2c(c1-c1c(O)c(Br)cc3c1CCCC3)CCCC2. The first-order valence-electron chi connectivity index (χ1n) is 9.61. The van der Waals surface area contributed by atoms with Crippen LogP contribution in [0.4, 0.5) is 0 Å². The van der Waals surface area contributed by atoms with Gasteiger partial charge < -0.3 is 14.6 Å². The summed E-state index contributed by atoms with van der Waals surface area (Å²) in [5.41, 5.74) is 7.28. The molecule has 4 rings (SSSR count). The lowest BCUT2D eigenvalue weighted by Crippen LogP contribution is -2.11. The quantitative estimate of drug-likeness (QED) is 0.504. The molecule has 0 saturated heterocycles. The molecule has 0 radical (unpaired) electrons. The molecule has 0 unspecified atom stereocenters. The summed E-state index contributed by atoms with van der Waals surface area (Å²) in [4.78, 5) is 0. The Kier molecular flexibility index (Phi) is 5.81. The van der Waals surface area contributed by atoms with E-state index in [2.05, 4.69) is 44.0 Å². The van der Waals surface area contributed by atoms with Gasteiger partial charge in [-0.25, -0.2) is 0 Å². The maximum atomic E-state index is 11.1. The van der Waals surface area contributed by atoms with E-state index in [1.807, 2.05) is 0 Å². The average Bonchev–Trinajstić information content (AvgIpc) is 2.67. The van der Waals surface area contributed by atoms with Crippen LogP contribution in [-0.2, 0) is 30.4 Å². The van der Waals surface area contributed by atoms with E-state index in [1.165, 1.54) is 41.5 Å². The van der Waals surface area contributed by atoms with Gasteiger partial charge in [0.05, 0.1) is 8.95 Å². The van der Waals surface area contributed by atoms with E-state index in [-0.39, 0.29) is 6.79 Å². The zero-order valence-electron chi connectivity index (χ0n) is 15.5. The van der Waals surface area contributed by atoms with E-state index < -0.39 is 0 Å². The predicted molar refractivity (Wildman–Crippen MR) is 115 cm³/mol. The summed E-state index contributed by atoms with van der Waals surface area (Å²) in [6, 6.07) is 4.28. The summed E-state index contributed by atoms with van der Waals surface area (Å²) in [6.07, 6.45) is 8.88. The number of fused-ring (bicyclic) bond motifs is 2. The van der Waals surface area contributed by atoms with Crippen molar-refractivity contribution in [1.29, 1.82) is 0 Å². The number of aryl methyl sites for hydroxylation is 2. The molecule has 0 atom stereocenters. The fraction of sp³-hybridized carbons (Fsp3) is 0.455. The Morgan fingerprint density at radius 2 is 1.41 bits per heavy atom. The maximum absolute atomic E-state index is 11.1. The minimum absolute atomic E-state index is 0.182. The van der Waals surface area contributed by atoms with Gasteiger partial charge in [-0.3, -0.25) is 0 Å². The monoisotopic (exact) mass is 494 g/mol. The topological polar surface area (TPSA) is 38.7 Å². The van der Waals surface area contributed by atoms with Crippen LogP contribution in [0.25, 0.3) is 11.1 Å². The normalized spacial score (nSPS) is 16.0. The van der Waals surface area contributed by atoms with Crippen LogP contribution < -0.4 is 4.74 Å². The number of aromatic hydroxyl groups is 1. The van der Waals surface area contributed by atoms with Crippen LogP contribution in [-0.4, -0.2) is 19.0 Å². The van der Waals surface area contributed by atoms with Gasteiger partial charge in [-0.2, -0.15) is 0 Å². The number of hydrogen-bond donors (Lipinski definition) is 1. The molecule has 0 aliphatic heterocycles. The Hall–Kier alpha value is -1.04. The van der Waals surface area contributed by atoms with Crippen molar-refractivity contribution < 1.29 is 14.6 Å². The smallest absolute Gasteiger partial charge is 0.188 e. The van der Waals surface area contributed by atoms with Crippen molar-refractivity contribution in [2.24, 2.45) is 0 Å². The molecular formula is C22H24Br2O3.